The van der Waals surface area contributed by atoms with Gasteiger partial charge in [-0.1, -0.05) is 0 Å². The van der Waals surface area contributed by atoms with Gasteiger partial charge >= 0.3 is 0 Å². The molecule has 4 nitrogen and oxygen atoms in total. The normalized spacial score (nSPS) is 34.1. The first-order valence-corrected chi connectivity index (χ1v) is 5.82. The van der Waals surface area contributed by atoms with E-state index >= 15 is 0 Å². The van der Waals surface area contributed by atoms with E-state index in [1.165, 1.54) is 0 Å². The summed E-state index contributed by atoms with van der Waals surface area (Å²) in [4.78, 5) is 4.57. The van der Waals surface area contributed by atoms with Crippen molar-refractivity contribution < 1.29 is 5.11 Å². The fraction of sp³-hybridized carbons (Fsp3) is 0.909. The minimum Gasteiger partial charge on any atom is -0.391 e. The lowest BCUT2D eigenvalue weighted by molar-refractivity contribution is 0.0386. The van der Waals surface area contributed by atoms with Gasteiger partial charge in [0.25, 0.3) is 0 Å². The smallest absolute Gasteiger partial charge is 0.0866 e. The van der Waals surface area contributed by atoms with Crippen LogP contribution in [0.15, 0.2) is 0 Å². The van der Waals surface area contributed by atoms with E-state index in [9.17, 15) is 5.11 Å². The van der Waals surface area contributed by atoms with Crippen molar-refractivity contribution in [2.45, 2.75) is 31.4 Å². The highest BCUT2D eigenvalue weighted by molar-refractivity contribution is 4.89. The standard InChI is InChI=1S/C11H19N3O/c12-4-5-13-6-8-14(9-7-13)10-2-1-3-11(10)15/h10-11,15H,1-3,5-9H2. The van der Waals surface area contributed by atoms with Crippen LogP contribution in [0.3, 0.4) is 0 Å². The second-order valence-corrected chi connectivity index (χ2v) is 4.54. The maximum Gasteiger partial charge on any atom is 0.0866 e. The van der Waals surface area contributed by atoms with E-state index in [-0.39, 0.29) is 6.10 Å². The number of nitriles is 1. The molecule has 0 bridgehead atoms. The van der Waals surface area contributed by atoms with Crippen molar-refractivity contribution >= 4 is 0 Å². The van der Waals surface area contributed by atoms with Crippen LogP contribution in [0, 0.1) is 11.3 Å². The molecule has 2 atom stereocenters. The van der Waals surface area contributed by atoms with Crippen LogP contribution in [0.4, 0.5) is 0 Å². The molecule has 0 radical (unpaired) electrons. The quantitative estimate of drug-likeness (QED) is 0.652. The molecule has 1 saturated heterocycles. The summed E-state index contributed by atoms with van der Waals surface area (Å²) in [6.07, 6.45) is 3.14. The zero-order valence-corrected chi connectivity index (χ0v) is 9.10. The van der Waals surface area contributed by atoms with Gasteiger partial charge in [0.2, 0.25) is 0 Å². The molecule has 15 heavy (non-hydrogen) atoms. The van der Waals surface area contributed by atoms with Crippen LogP contribution in [0.2, 0.25) is 0 Å². The SMILES string of the molecule is N#CCN1CCN(C2CCCC2O)CC1. The van der Waals surface area contributed by atoms with E-state index in [0.717, 1.165) is 45.4 Å². The monoisotopic (exact) mass is 209 g/mol. The molecule has 0 amide bonds. The van der Waals surface area contributed by atoms with Crippen molar-refractivity contribution in [1.29, 1.82) is 5.26 Å². The van der Waals surface area contributed by atoms with Crippen molar-refractivity contribution in [3.63, 3.8) is 0 Å². The third-order valence-corrected chi connectivity index (χ3v) is 3.61. The lowest BCUT2D eigenvalue weighted by Gasteiger charge is -2.38. The third-order valence-electron chi connectivity index (χ3n) is 3.61. The van der Waals surface area contributed by atoms with Gasteiger partial charge in [-0.15, -0.1) is 0 Å². The lowest BCUT2D eigenvalue weighted by Crippen LogP contribution is -2.52. The Balaban J connectivity index is 1.80. The molecule has 1 heterocycles. The fourth-order valence-corrected chi connectivity index (χ4v) is 2.70. The van der Waals surface area contributed by atoms with Crippen LogP contribution in [0.1, 0.15) is 19.3 Å². The van der Waals surface area contributed by atoms with Crippen molar-refractivity contribution in [2.24, 2.45) is 0 Å². The van der Waals surface area contributed by atoms with Gasteiger partial charge in [-0.3, -0.25) is 9.80 Å². The summed E-state index contributed by atoms with van der Waals surface area (Å²) in [5.41, 5.74) is 0. The maximum atomic E-state index is 9.80. The molecule has 2 aliphatic rings. The Labute approximate surface area is 91.1 Å². The van der Waals surface area contributed by atoms with Gasteiger partial charge in [0.1, 0.15) is 0 Å². The van der Waals surface area contributed by atoms with Gasteiger partial charge in [-0.2, -0.15) is 5.26 Å². The molecule has 0 aromatic rings. The summed E-state index contributed by atoms with van der Waals surface area (Å²) < 4.78 is 0. The zero-order valence-electron chi connectivity index (χ0n) is 9.10. The van der Waals surface area contributed by atoms with E-state index < -0.39 is 0 Å². The van der Waals surface area contributed by atoms with Crippen LogP contribution >= 0.6 is 0 Å². The van der Waals surface area contributed by atoms with E-state index in [2.05, 4.69) is 15.9 Å². The minimum absolute atomic E-state index is 0.118. The summed E-state index contributed by atoms with van der Waals surface area (Å²) in [7, 11) is 0. The van der Waals surface area contributed by atoms with E-state index in [0.29, 0.717) is 12.6 Å². The summed E-state index contributed by atoms with van der Waals surface area (Å²) in [5.74, 6) is 0. The third kappa shape index (κ3) is 2.49. The van der Waals surface area contributed by atoms with Crippen molar-refractivity contribution in [2.75, 3.05) is 32.7 Å². The molecule has 84 valence electrons. The number of aliphatic hydroxyl groups is 1. The molecule has 2 unspecified atom stereocenters. The van der Waals surface area contributed by atoms with Gasteiger partial charge in [0, 0.05) is 32.2 Å². The molecule has 0 spiro atoms. The fourth-order valence-electron chi connectivity index (χ4n) is 2.70. The number of piperazine rings is 1. The molecular formula is C11H19N3O. The largest absolute Gasteiger partial charge is 0.391 e. The molecule has 2 fully saturated rings. The number of hydrogen-bond donors (Lipinski definition) is 1. The van der Waals surface area contributed by atoms with Gasteiger partial charge in [-0.05, 0) is 19.3 Å². The van der Waals surface area contributed by atoms with Crippen LogP contribution in [0.25, 0.3) is 0 Å². The van der Waals surface area contributed by atoms with Crippen molar-refractivity contribution in [1.82, 2.24) is 9.80 Å². The predicted octanol–water partition coefficient (Wildman–Crippen LogP) is 0.0410. The molecule has 2 rings (SSSR count). The first kappa shape index (κ1) is 10.9. The highest BCUT2D eigenvalue weighted by Gasteiger charge is 2.32. The van der Waals surface area contributed by atoms with Crippen molar-refractivity contribution in [3.8, 4) is 6.07 Å². The molecule has 1 aliphatic carbocycles. The molecule has 1 N–H and O–H groups in total. The number of nitrogens with zero attached hydrogens (tertiary/aromatic N) is 3. The molecule has 1 aliphatic heterocycles. The molecule has 4 heteroatoms. The van der Waals surface area contributed by atoms with Gasteiger partial charge in [0.05, 0.1) is 18.7 Å². The average Bonchev–Trinajstić information content (AvgIpc) is 2.66. The summed E-state index contributed by atoms with van der Waals surface area (Å²) in [6.45, 7) is 4.49. The molecule has 0 aromatic carbocycles. The Hall–Kier alpha value is -0.630. The number of rotatable bonds is 2. The topological polar surface area (TPSA) is 50.5 Å². The lowest BCUT2D eigenvalue weighted by atomic mass is 10.1. The van der Waals surface area contributed by atoms with Gasteiger partial charge in [0.15, 0.2) is 0 Å². The molecular weight excluding hydrogens is 190 g/mol. The van der Waals surface area contributed by atoms with Crippen LogP contribution in [0.5, 0.6) is 0 Å². The van der Waals surface area contributed by atoms with E-state index in [4.69, 9.17) is 5.26 Å². The average molecular weight is 209 g/mol. The number of hydrogen-bond acceptors (Lipinski definition) is 4. The Morgan fingerprint density at radius 1 is 1.20 bits per heavy atom. The zero-order chi connectivity index (χ0) is 10.7. The second-order valence-electron chi connectivity index (χ2n) is 4.54. The van der Waals surface area contributed by atoms with Gasteiger partial charge < -0.3 is 5.11 Å². The highest BCUT2D eigenvalue weighted by atomic mass is 16.3. The molecule has 0 aromatic heterocycles. The first-order chi connectivity index (χ1) is 7.31. The van der Waals surface area contributed by atoms with E-state index in [1.807, 2.05) is 0 Å². The minimum atomic E-state index is -0.118. The first-order valence-electron chi connectivity index (χ1n) is 5.82. The summed E-state index contributed by atoms with van der Waals surface area (Å²) >= 11 is 0. The Bertz CT molecular complexity index is 243. The summed E-state index contributed by atoms with van der Waals surface area (Å²) in [6, 6.07) is 2.57. The maximum absolute atomic E-state index is 9.80. The predicted molar refractivity (Wildman–Crippen MR) is 57.3 cm³/mol. The summed E-state index contributed by atoms with van der Waals surface area (Å²) in [5, 5.41) is 18.4. The van der Waals surface area contributed by atoms with Crippen molar-refractivity contribution in [3.05, 3.63) is 0 Å². The van der Waals surface area contributed by atoms with E-state index in [1.54, 1.807) is 0 Å². The van der Waals surface area contributed by atoms with Crippen LogP contribution < -0.4 is 0 Å². The number of aliphatic hydroxyl groups excluding tert-OH is 1. The second kappa shape index (κ2) is 4.93. The van der Waals surface area contributed by atoms with Crippen LogP contribution in [-0.2, 0) is 0 Å². The van der Waals surface area contributed by atoms with Crippen LogP contribution in [-0.4, -0.2) is 59.8 Å². The molecule has 1 saturated carbocycles. The Morgan fingerprint density at radius 2 is 1.93 bits per heavy atom. The van der Waals surface area contributed by atoms with Gasteiger partial charge in [-0.25, -0.2) is 0 Å². The Kier molecular flexibility index (Phi) is 3.57. The Morgan fingerprint density at radius 3 is 2.47 bits per heavy atom. The highest BCUT2D eigenvalue weighted by Crippen LogP contribution is 2.24.